The van der Waals surface area contributed by atoms with Gasteiger partial charge in [0.2, 0.25) is 0 Å². The Morgan fingerprint density at radius 2 is 2.31 bits per heavy atom. The summed E-state index contributed by atoms with van der Waals surface area (Å²) < 4.78 is 13.5. The number of benzene rings is 1. The Labute approximate surface area is 78.7 Å². The molecule has 0 amide bonds. The number of aromatic nitrogens is 1. The van der Waals surface area contributed by atoms with E-state index in [2.05, 4.69) is 4.98 Å². The van der Waals surface area contributed by atoms with Crippen LogP contribution >= 0.6 is 11.3 Å². The molecule has 0 fully saturated rings. The van der Waals surface area contributed by atoms with Gasteiger partial charge in [-0.3, -0.25) is 0 Å². The Kier molecular flexibility index (Phi) is 1.92. The molecule has 0 unspecified atom stereocenters. The number of fused-ring (bicyclic) bond motifs is 1. The first kappa shape index (κ1) is 8.44. The second kappa shape index (κ2) is 2.96. The van der Waals surface area contributed by atoms with Crippen LogP contribution in [0.25, 0.3) is 10.2 Å². The number of hydrogen-bond donors (Lipinski definition) is 1. The van der Waals surface area contributed by atoms with Crippen LogP contribution in [0.1, 0.15) is 11.9 Å². The molecule has 4 heteroatoms. The Balaban J connectivity index is 2.75. The Morgan fingerprint density at radius 1 is 1.54 bits per heavy atom. The molecule has 0 saturated carbocycles. The van der Waals surface area contributed by atoms with Crippen LogP contribution in [-0.4, -0.2) is 10.1 Å². The number of rotatable bonds is 1. The highest BCUT2D eigenvalue weighted by Crippen LogP contribution is 2.31. The molecule has 2 rings (SSSR count). The number of hydrogen-bond acceptors (Lipinski definition) is 3. The van der Waals surface area contributed by atoms with Crippen LogP contribution in [0.5, 0.6) is 5.75 Å². The van der Waals surface area contributed by atoms with E-state index in [0.29, 0.717) is 10.2 Å². The number of aromatic hydroxyl groups is 1. The maximum atomic E-state index is 12.8. The van der Waals surface area contributed by atoms with Gasteiger partial charge in [-0.15, -0.1) is 11.3 Å². The summed E-state index contributed by atoms with van der Waals surface area (Å²) in [5.74, 6) is -0.467. The molecule has 0 aliphatic heterocycles. The number of aryl methyl sites for hydroxylation is 1. The molecule has 1 aromatic heterocycles. The molecule has 0 bridgehead atoms. The number of phenols is 1. The molecule has 0 spiro atoms. The lowest BCUT2D eigenvalue weighted by molar-refractivity contribution is 0.476. The monoisotopic (exact) mass is 197 g/mol. The third-order valence-corrected chi connectivity index (χ3v) is 3.02. The smallest absolute Gasteiger partial charge is 0.137 e. The van der Waals surface area contributed by atoms with Crippen LogP contribution in [0.3, 0.4) is 0 Å². The minimum absolute atomic E-state index is 0.0211. The molecule has 1 aromatic carbocycles. The van der Waals surface area contributed by atoms with Crippen molar-refractivity contribution in [2.45, 2.75) is 13.3 Å². The van der Waals surface area contributed by atoms with E-state index in [1.54, 1.807) is 0 Å². The SMILES string of the molecule is CCc1nc2cc(F)cc(O)c2s1. The van der Waals surface area contributed by atoms with Crippen molar-refractivity contribution < 1.29 is 9.50 Å². The standard InChI is InChI=1S/C9H8FNOS/c1-2-8-11-6-3-5(10)4-7(12)9(6)13-8/h3-4,12H,2H2,1H3. The van der Waals surface area contributed by atoms with Gasteiger partial charge in [0, 0.05) is 12.1 Å². The van der Waals surface area contributed by atoms with Crippen molar-refractivity contribution in [1.29, 1.82) is 0 Å². The van der Waals surface area contributed by atoms with Gasteiger partial charge in [-0.05, 0) is 6.42 Å². The fourth-order valence-corrected chi connectivity index (χ4v) is 2.08. The third kappa shape index (κ3) is 1.37. The third-order valence-electron chi connectivity index (χ3n) is 1.78. The zero-order valence-corrected chi connectivity index (χ0v) is 7.86. The second-order valence-corrected chi connectivity index (χ2v) is 3.82. The van der Waals surface area contributed by atoms with E-state index in [1.165, 1.54) is 17.4 Å². The maximum Gasteiger partial charge on any atom is 0.137 e. The molecule has 0 aliphatic carbocycles. The van der Waals surface area contributed by atoms with Crippen molar-refractivity contribution in [3.05, 3.63) is 23.0 Å². The van der Waals surface area contributed by atoms with Crippen LogP contribution in [0, 0.1) is 5.82 Å². The molecule has 0 radical (unpaired) electrons. The topological polar surface area (TPSA) is 33.1 Å². The quantitative estimate of drug-likeness (QED) is 0.762. The molecule has 68 valence electrons. The zero-order valence-electron chi connectivity index (χ0n) is 7.04. The van der Waals surface area contributed by atoms with Crippen LogP contribution in [0.2, 0.25) is 0 Å². The molecule has 0 saturated heterocycles. The van der Waals surface area contributed by atoms with E-state index >= 15 is 0 Å². The molecule has 0 atom stereocenters. The molecule has 2 aromatic rings. The molecule has 0 aliphatic rings. The van der Waals surface area contributed by atoms with Crippen molar-refractivity contribution in [3.63, 3.8) is 0 Å². The van der Waals surface area contributed by atoms with E-state index < -0.39 is 5.82 Å². The van der Waals surface area contributed by atoms with Crippen molar-refractivity contribution in [1.82, 2.24) is 4.98 Å². The number of phenolic OH excluding ortho intramolecular Hbond substituents is 1. The maximum absolute atomic E-state index is 12.8. The van der Waals surface area contributed by atoms with Gasteiger partial charge in [0.15, 0.2) is 0 Å². The average Bonchev–Trinajstić information content (AvgIpc) is 2.47. The lowest BCUT2D eigenvalue weighted by Gasteiger charge is -1.92. The Hall–Kier alpha value is -1.16. The van der Waals surface area contributed by atoms with Crippen LogP contribution in [0.4, 0.5) is 4.39 Å². The van der Waals surface area contributed by atoms with Gasteiger partial charge in [-0.25, -0.2) is 9.37 Å². The van der Waals surface area contributed by atoms with E-state index in [0.717, 1.165) is 17.5 Å². The fraction of sp³-hybridized carbons (Fsp3) is 0.222. The molecular formula is C9H8FNOS. The second-order valence-electron chi connectivity index (χ2n) is 2.73. The summed E-state index contributed by atoms with van der Waals surface area (Å²) >= 11 is 1.40. The van der Waals surface area contributed by atoms with Crippen molar-refractivity contribution >= 4 is 21.6 Å². The van der Waals surface area contributed by atoms with E-state index in [-0.39, 0.29) is 5.75 Å². The lowest BCUT2D eigenvalue weighted by atomic mass is 10.3. The minimum Gasteiger partial charge on any atom is -0.506 e. The molecule has 1 heterocycles. The van der Waals surface area contributed by atoms with Gasteiger partial charge in [-0.2, -0.15) is 0 Å². The minimum atomic E-state index is -0.446. The van der Waals surface area contributed by atoms with Crippen molar-refractivity contribution in [3.8, 4) is 5.75 Å². The van der Waals surface area contributed by atoms with E-state index in [1.807, 2.05) is 6.92 Å². The first-order valence-electron chi connectivity index (χ1n) is 3.98. The summed E-state index contributed by atoms with van der Waals surface area (Å²) in [7, 11) is 0. The highest BCUT2D eigenvalue weighted by Gasteiger charge is 2.08. The summed E-state index contributed by atoms with van der Waals surface area (Å²) in [6, 6.07) is 2.45. The van der Waals surface area contributed by atoms with Gasteiger partial charge in [0.25, 0.3) is 0 Å². The summed E-state index contributed by atoms with van der Waals surface area (Å²) in [4.78, 5) is 4.17. The van der Waals surface area contributed by atoms with E-state index in [9.17, 15) is 9.50 Å². The Bertz CT molecular complexity index is 452. The lowest BCUT2D eigenvalue weighted by Crippen LogP contribution is -1.76. The van der Waals surface area contributed by atoms with Gasteiger partial charge in [0.1, 0.15) is 11.6 Å². The summed E-state index contributed by atoms with van der Waals surface area (Å²) in [6.07, 6.45) is 0.806. The summed E-state index contributed by atoms with van der Waals surface area (Å²) in [6.45, 7) is 1.98. The Morgan fingerprint density at radius 3 is 3.00 bits per heavy atom. The predicted octanol–water partition coefficient (Wildman–Crippen LogP) is 2.70. The van der Waals surface area contributed by atoms with Crippen LogP contribution in [0.15, 0.2) is 12.1 Å². The molecule has 1 N–H and O–H groups in total. The predicted molar refractivity (Wildman–Crippen MR) is 50.6 cm³/mol. The molecule has 13 heavy (non-hydrogen) atoms. The van der Waals surface area contributed by atoms with Gasteiger partial charge >= 0.3 is 0 Å². The van der Waals surface area contributed by atoms with Crippen LogP contribution < -0.4 is 0 Å². The first-order valence-corrected chi connectivity index (χ1v) is 4.80. The van der Waals surface area contributed by atoms with Gasteiger partial charge in [0.05, 0.1) is 15.2 Å². The normalized spacial score (nSPS) is 10.9. The molecular weight excluding hydrogens is 189 g/mol. The average molecular weight is 197 g/mol. The number of halogens is 1. The highest BCUT2D eigenvalue weighted by molar-refractivity contribution is 7.18. The van der Waals surface area contributed by atoms with Gasteiger partial charge < -0.3 is 5.11 Å². The first-order chi connectivity index (χ1) is 6.20. The largest absolute Gasteiger partial charge is 0.506 e. The number of thiazole rings is 1. The van der Waals surface area contributed by atoms with Crippen molar-refractivity contribution in [2.24, 2.45) is 0 Å². The fourth-order valence-electron chi connectivity index (χ4n) is 1.18. The zero-order chi connectivity index (χ0) is 9.42. The van der Waals surface area contributed by atoms with E-state index in [4.69, 9.17) is 0 Å². The van der Waals surface area contributed by atoms with Gasteiger partial charge in [-0.1, -0.05) is 6.92 Å². The molecule has 2 nitrogen and oxygen atoms in total. The summed E-state index contributed by atoms with van der Waals surface area (Å²) in [5.41, 5.74) is 0.541. The summed E-state index contributed by atoms with van der Waals surface area (Å²) in [5, 5.41) is 10.3. The highest BCUT2D eigenvalue weighted by atomic mass is 32.1. The van der Waals surface area contributed by atoms with Crippen LogP contribution in [-0.2, 0) is 6.42 Å². The number of nitrogens with zero attached hydrogens (tertiary/aromatic N) is 1. The van der Waals surface area contributed by atoms with Crippen molar-refractivity contribution in [2.75, 3.05) is 0 Å².